The summed E-state index contributed by atoms with van der Waals surface area (Å²) >= 11 is 0. The number of hydrogen-bond donors (Lipinski definition) is 1. The standard InChI is InChI=1S/C17H34N2/c1-6-16(4,5)14-7-10-17(11-8-14)15(18)9-12-19(17)13(2)3/h13-15H,6-12,18H2,1-5H3. The molecule has 0 bridgehead atoms. The Morgan fingerprint density at radius 3 is 2.26 bits per heavy atom. The maximum absolute atomic E-state index is 6.52. The molecule has 1 spiro atoms. The molecule has 1 atom stereocenters. The largest absolute Gasteiger partial charge is 0.326 e. The molecule has 2 fully saturated rings. The molecule has 2 N–H and O–H groups in total. The van der Waals surface area contributed by atoms with Crippen LogP contribution in [-0.2, 0) is 0 Å². The first kappa shape index (κ1) is 15.3. The molecule has 1 aliphatic heterocycles. The van der Waals surface area contributed by atoms with Crippen LogP contribution in [0.5, 0.6) is 0 Å². The SMILES string of the molecule is CCC(C)(C)C1CCC2(CC1)C(N)CCN2C(C)C. The summed E-state index contributed by atoms with van der Waals surface area (Å²) in [6.07, 6.45) is 7.88. The van der Waals surface area contributed by atoms with Crippen molar-refractivity contribution in [2.24, 2.45) is 17.1 Å². The number of nitrogens with two attached hydrogens (primary N) is 1. The highest BCUT2D eigenvalue weighted by Crippen LogP contribution is 2.48. The van der Waals surface area contributed by atoms with Crippen molar-refractivity contribution in [3.05, 3.63) is 0 Å². The topological polar surface area (TPSA) is 29.3 Å². The van der Waals surface area contributed by atoms with Gasteiger partial charge < -0.3 is 5.73 Å². The Morgan fingerprint density at radius 2 is 1.79 bits per heavy atom. The van der Waals surface area contributed by atoms with Gasteiger partial charge >= 0.3 is 0 Å². The first-order chi connectivity index (χ1) is 8.83. The minimum atomic E-state index is 0.328. The summed E-state index contributed by atoms with van der Waals surface area (Å²) in [6.45, 7) is 13.1. The monoisotopic (exact) mass is 266 g/mol. The summed E-state index contributed by atoms with van der Waals surface area (Å²) < 4.78 is 0. The second-order valence-corrected chi connectivity index (χ2v) is 7.90. The van der Waals surface area contributed by atoms with E-state index < -0.39 is 0 Å². The van der Waals surface area contributed by atoms with E-state index in [9.17, 15) is 0 Å². The van der Waals surface area contributed by atoms with Gasteiger partial charge in [0.05, 0.1) is 0 Å². The predicted molar refractivity (Wildman–Crippen MR) is 83.2 cm³/mol. The highest BCUT2D eigenvalue weighted by Gasteiger charge is 2.50. The molecule has 1 unspecified atom stereocenters. The first-order valence-electron chi connectivity index (χ1n) is 8.36. The quantitative estimate of drug-likeness (QED) is 0.842. The van der Waals surface area contributed by atoms with E-state index >= 15 is 0 Å². The maximum atomic E-state index is 6.52. The summed E-state index contributed by atoms with van der Waals surface area (Å²) in [6, 6.07) is 1.05. The second-order valence-electron chi connectivity index (χ2n) is 7.90. The third-order valence-corrected chi connectivity index (χ3v) is 6.43. The number of rotatable bonds is 3. The van der Waals surface area contributed by atoms with Crippen LogP contribution in [0.2, 0.25) is 0 Å². The lowest BCUT2D eigenvalue weighted by Crippen LogP contribution is -2.58. The van der Waals surface area contributed by atoms with Crippen molar-refractivity contribution < 1.29 is 0 Å². The van der Waals surface area contributed by atoms with E-state index in [1.165, 1.54) is 45.1 Å². The van der Waals surface area contributed by atoms with E-state index in [0.29, 0.717) is 23.0 Å². The van der Waals surface area contributed by atoms with Gasteiger partial charge in [-0.05, 0) is 57.3 Å². The fourth-order valence-corrected chi connectivity index (χ4v) is 4.60. The molecule has 0 radical (unpaired) electrons. The van der Waals surface area contributed by atoms with Gasteiger partial charge in [0, 0.05) is 24.2 Å². The third kappa shape index (κ3) is 2.58. The van der Waals surface area contributed by atoms with E-state index in [0.717, 1.165) is 5.92 Å². The van der Waals surface area contributed by atoms with Gasteiger partial charge in [0.1, 0.15) is 0 Å². The van der Waals surface area contributed by atoms with Gasteiger partial charge in [-0.15, -0.1) is 0 Å². The molecular formula is C17H34N2. The van der Waals surface area contributed by atoms with Crippen molar-refractivity contribution >= 4 is 0 Å². The smallest absolute Gasteiger partial charge is 0.0363 e. The van der Waals surface area contributed by atoms with Crippen LogP contribution in [0.15, 0.2) is 0 Å². The lowest BCUT2D eigenvalue weighted by atomic mass is 9.64. The molecule has 2 nitrogen and oxygen atoms in total. The van der Waals surface area contributed by atoms with Crippen molar-refractivity contribution in [1.82, 2.24) is 4.90 Å². The molecule has 0 amide bonds. The summed E-state index contributed by atoms with van der Waals surface area (Å²) in [5, 5.41) is 0. The van der Waals surface area contributed by atoms with Gasteiger partial charge in [-0.2, -0.15) is 0 Å². The molecule has 1 saturated carbocycles. The van der Waals surface area contributed by atoms with Gasteiger partial charge in [0.25, 0.3) is 0 Å². The van der Waals surface area contributed by atoms with E-state index in [4.69, 9.17) is 5.73 Å². The predicted octanol–water partition coefficient (Wildman–Crippen LogP) is 3.79. The van der Waals surface area contributed by atoms with Gasteiger partial charge in [0.2, 0.25) is 0 Å². The molecule has 1 aliphatic carbocycles. The van der Waals surface area contributed by atoms with Crippen molar-refractivity contribution in [2.75, 3.05) is 6.54 Å². The average molecular weight is 266 g/mol. The minimum absolute atomic E-state index is 0.328. The third-order valence-electron chi connectivity index (χ3n) is 6.43. The van der Waals surface area contributed by atoms with Crippen molar-refractivity contribution in [2.45, 2.75) is 90.8 Å². The van der Waals surface area contributed by atoms with E-state index in [1.807, 2.05) is 0 Å². The lowest BCUT2D eigenvalue weighted by Gasteiger charge is -2.50. The highest BCUT2D eigenvalue weighted by atomic mass is 15.3. The summed E-state index contributed by atoms with van der Waals surface area (Å²) in [5.74, 6) is 0.893. The fourth-order valence-electron chi connectivity index (χ4n) is 4.60. The van der Waals surface area contributed by atoms with Crippen molar-refractivity contribution in [1.29, 1.82) is 0 Å². The van der Waals surface area contributed by atoms with E-state index in [1.54, 1.807) is 0 Å². The van der Waals surface area contributed by atoms with Crippen LogP contribution in [0.1, 0.15) is 73.1 Å². The Balaban J connectivity index is 2.09. The molecule has 2 rings (SSSR count). The van der Waals surface area contributed by atoms with Crippen LogP contribution in [0.3, 0.4) is 0 Å². The Hall–Kier alpha value is -0.0800. The molecule has 2 heteroatoms. The Labute approximate surface area is 120 Å². The van der Waals surface area contributed by atoms with Crippen molar-refractivity contribution in [3.8, 4) is 0 Å². The Morgan fingerprint density at radius 1 is 1.21 bits per heavy atom. The van der Waals surface area contributed by atoms with Gasteiger partial charge in [0.15, 0.2) is 0 Å². The van der Waals surface area contributed by atoms with Crippen LogP contribution < -0.4 is 5.73 Å². The van der Waals surface area contributed by atoms with Crippen LogP contribution in [0.4, 0.5) is 0 Å². The molecule has 0 aromatic carbocycles. The summed E-state index contributed by atoms with van der Waals surface area (Å²) in [5.41, 5.74) is 7.35. The normalized spacial score (nSPS) is 37.4. The minimum Gasteiger partial charge on any atom is -0.326 e. The van der Waals surface area contributed by atoms with Gasteiger partial charge in [-0.1, -0.05) is 27.2 Å². The molecule has 0 aromatic heterocycles. The second kappa shape index (κ2) is 5.37. The van der Waals surface area contributed by atoms with E-state index in [-0.39, 0.29) is 0 Å². The van der Waals surface area contributed by atoms with Crippen LogP contribution in [0, 0.1) is 11.3 Å². The highest BCUT2D eigenvalue weighted by molar-refractivity contribution is 5.08. The Bertz CT molecular complexity index is 300. The molecule has 19 heavy (non-hydrogen) atoms. The average Bonchev–Trinajstić information content (AvgIpc) is 2.68. The Kier molecular flexibility index (Phi) is 4.32. The molecule has 0 aromatic rings. The molecule has 1 saturated heterocycles. The number of hydrogen-bond acceptors (Lipinski definition) is 2. The van der Waals surface area contributed by atoms with Gasteiger partial charge in [-0.3, -0.25) is 4.90 Å². The molecular weight excluding hydrogens is 232 g/mol. The number of nitrogens with zero attached hydrogens (tertiary/aromatic N) is 1. The van der Waals surface area contributed by atoms with Crippen molar-refractivity contribution in [3.63, 3.8) is 0 Å². The molecule has 1 heterocycles. The molecule has 112 valence electrons. The van der Waals surface area contributed by atoms with E-state index in [2.05, 4.69) is 39.5 Å². The first-order valence-corrected chi connectivity index (χ1v) is 8.36. The maximum Gasteiger partial charge on any atom is 0.0363 e. The van der Waals surface area contributed by atoms with Crippen LogP contribution in [0.25, 0.3) is 0 Å². The van der Waals surface area contributed by atoms with Gasteiger partial charge in [-0.25, -0.2) is 0 Å². The van der Waals surface area contributed by atoms with Crippen LogP contribution >= 0.6 is 0 Å². The van der Waals surface area contributed by atoms with Crippen LogP contribution in [-0.4, -0.2) is 29.1 Å². The summed E-state index contributed by atoms with van der Waals surface area (Å²) in [7, 11) is 0. The zero-order valence-corrected chi connectivity index (χ0v) is 13.7. The fraction of sp³-hybridized carbons (Fsp3) is 1.00. The number of likely N-dealkylation sites (tertiary alicyclic amines) is 1. The summed E-state index contributed by atoms with van der Waals surface area (Å²) in [4.78, 5) is 2.72. The lowest BCUT2D eigenvalue weighted by molar-refractivity contribution is 0.0145. The zero-order chi connectivity index (χ0) is 14.3. The molecule has 2 aliphatic rings. The zero-order valence-electron chi connectivity index (χ0n) is 13.7.